The molecule has 20 heavy (non-hydrogen) atoms. The van der Waals surface area contributed by atoms with Crippen molar-refractivity contribution in [1.29, 1.82) is 0 Å². The highest BCUT2D eigenvalue weighted by Gasteiger charge is 2.09. The first-order valence-corrected chi connectivity index (χ1v) is 7.04. The zero-order valence-corrected chi connectivity index (χ0v) is 12.5. The predicted octanol–water partition coefficient (Wildman–Crippen LogP) is 4.72. The van der Waals surface area contributed by atoms with Gasteiger partial charge >= 0.3 is 0 Å². The molecule has 0 spiro atoms. The van der Waals surface area contributed by atoms with E-state index in [9.17, 15) is 0 Å². The number of benzene rings is 2. The molecular formula is C18H23NO. The zero-order valence-electron chi connectivity index (χ0n) is 12.5. The highest BCUT2D eigenvalue weighted by atomic mass is 16.5. The molecule has 1 N–H and O–H groups in total. The Morgan fingerprint density at radius 3 is 2.15 bits per heavy atom. The topological polar surface area (TPSA) is 21.3 Å². The van der Waals surface area contributed by atoms with E-state index in [0.717, 1.165) is 18.0 Å². The fourth-order valence-electron chi connectivity index (χ4n) is 1.78. The fraction of sp³-hybridized carbons (Fsp3) is 0.333. The van der Waals surface area contributed by atoms with Gasteiger partial charge in [0.2, 0.25) is 0 Å². The van der Waals surface area contributed by atoms with Crippen LogP contribution >= 0.6 is 0 Å². The van der Waals surface area contributed by atoms with E-state index < -0.39 is 0 Å². The highest BCUT2D eigenvalue weighted by molar-refractivity contribution is 5.46. The monoisotopic (exact) mass is 269 g/mol. The van der Waals surface area contributed by atoms with Gasteiger partial charge in [0.05, 0.1) is 0 Å². The second kappa shape index (κ2) is 6.47. The van der Waals surface area contributed by atoms with Crippen LogP contribution in [-0.4, -0.2) is 6.54 Å². The molecule has 0 aliphatic carbocycles. The Balaban J connectivity index is 1.85. The van der Waals surface area contributed by atoms with Crippen molar-refractivity contribution in [3.8, 4) is 5.75 Å². The van der Waals surface area contributed by atoms with Crippen LogP contribution in [0.3, 0.4) is 0 Å². The second-order valence-corrected chi connectivity index (χ2v) is 6.21. The van der Waals surface area contributed by atoms with Crippen LogP contribution in [0.4, 0.5) is 5.69 Å². The van der Waals surface area contributed by atoms with E-state index in [-0.39, 0.29) is 5.41 Å². The third-order valence-electron chi connectivity index (χ3n) is 2.93. The van der Waals surface area contributed by atoms with Crippen molar-refractivity contribution in [1.82, 2.24) is 0 Å². The molecule has 0 heterocycles. The summed E-state index contributed by atoms with van der Waals surface area (Å²) in [6, 6.07) is 18.3. The van der Waals surface area contributed by atoms with Crippen LogP contribution in [0.25, 0.3) is 0 Å². The first kappa shape index (κ1) is 14.4. The molecule has 0 saturated carbocycles. The van der Waals surface area contributed by atoms with Crippen LogP contribution in [0.1, 0.15) is 26.3 Å². The summed E-state index contributed by atoms with van der Waals surface area (Å²) in [6.45, 7) is 8.22. The quantitative estimate of drug-likeness (QED) is 0.847. The minimum absolute atomic E-state index is 0.280. The lowest BCUT2D eigenvalue weighted by molar-refractivity contribution is 0.306. The number of hydrogen-bond donors (Lipinski definition) is 1. The Bertz CT molecular complexity index is 511. The van der Waals surface area contributed by atoms with Crippen molar-refractivity contribution in [3.63, 3.8) is 0 Å². The van der Waals surface area contributed by atoms with Gasteiger partial charge in [-0.3, -0.25) is 0 Å². The van der Waals surface area contributed by atoms with Crippen LogP contribution in [-0.2, 0) is 6.61 Å². The lowest BCUT2D eigenvalue weighted by Crippen LogP contribution is -2.18. The Kier molecular flexibility index (Phi) is 4.67. The molecule has 0 atom stereocenters. The highest BCUT2D eigenvalue weighted by Crippen LogP contribution is 2.19. The van der Waals surface area contributed by atoms with E-state index in [2.05, 4.69) is 50.4 Å². The maximum Gasteiger partial charge on any atom is 0.119 e. The summed E-state index contributed by atoms with van der Waals surface area (Å²) in [5.41, 5.74) is 2.59. The predicted molar refractivity (Wildman–Crippen MR) is 85.2 cm³/mol. The molecule has 0 unspecified atom stereocenters. The molecule has 0 radical (unpaired) electrons. The molecule has 106 valence electrons. The molecule has 2 nitrogen and oxygen atoms in total. The third-order valence-corrected chi connectivity index (χ3v) is 2.93. The molecule has 2 aromatic carbocycles. The lowest BCUT2D eigenvalue weighted by Gasteiger charge is -2.19. The van der Waals surface area contributed by atoms with E-state index in [0.29, 0.717) is 6.61 Å². The van der Waals surface area contributed by atoms with Crippen molar-refractivity contribution >= 4 is 5.69 Å². The standard InChI is InChI=1S/C18H23NO/c1-18(2,3)14-19-16-9-11-17(12-10-16)20-13-15-7-5-4-6-8-15/h4-12,19H,13-14H2,1-3H3. The summed E-state index contributed by atoms with van der Waals surface area (Å²) in [6.07, 6.45) is 0. The number of hydrogen-bond acceptors (Lipinski definition) is 2. The normalized spacial score (nSPS) is 11.2. The molecule has 2 heteroatoms. The van der Waals surface area contributed by atoms with Crippen molar-refractivity contribution in [2.75, 3.05) is 11.9 Å². The number of nitrogens with one attached hydrogen (secondary N) is 1. The molecule has 2 rings (SSSR count). The van der Waals surface area contributed by atoms with Gasteiger partial charge in [-0.05, 0) is 35.2 Å². The fourth-order valence-corrected chi connectivity index (χ4v) is 1.78. The molecular weight excluding hydrogens is 246 g/mol. The van der Waals surface area contributed by atoms with E-state index in [1.165, 1.54) is 5.56 Å². The number of anilines is 1. The largest absolute Gasteiger partial charge is 0.489 e. The van der Waals surface area contributed by atoms with Gasteiger partial charge in [-0.2, -0.15) is 0 Å². The molecule has 0 aliphatic rings. The van der Waals surface area contributed by atoms with Gasteiger partial charge in [0.15, 0.2) is 0 Å². The molecule has 0 saturated heterocycles. The molecule has 0 amide bonds. The summed E-state index contributed by atoms with van der Waals surface area (Å²) >= 11 is 0. The third kappa shape index (κ3) is 4.96. The molecule has 2 aromatic rings. The summed E-state index contributed by atoms with van der Waals surface area (Å²) in [5, 5.41) is 3.43. The first-order valence-electron chi connectivity index (χ1n) is 7.04. The van der Waals surface area contributed by atoms with Crippen LogP contribution in [0.15, 0.2) is 54.6 Å². The van der Waals surface area contributed by atoms with Gasteiger partial charge in [0.25, 0.3) is 0 Å². The van der Waals surface area contributed by atoms with Crippen molar-refractivity contribution in [2.45, 2.75) is 27.4 Å². The molecule has 0 aromatic heterocycles. The Morgan fingerprint density at radius 2 is 1.55 bits per heavy atom. The Hall–Kier alpha value is -1.96. The molecule has 0 bridgehead atoms. The van der Waals surface area contributed by atoms with E-state index in [1.807, 2.05) is 30.3 Å². The van der Waals surface area contributed by atoms with Gasteiger partial charge in [-0.25, -0.2) is 0 Å². The SMILES string of the molecule is CC(C)(C)CNc1ccc(OCc2ccccc2)cc1. The summed E-state index contributed by atoms with van der Waals surface area (Å²) < 4.78 is 5.76. The maximum absolute atomic E-state index is 5.76. The average Bonchev–Trinajstić information content (AvgIpc) is 2.44. The smallest absolute Gasteiger partial charge is 0.119 e. The first-order chi connectivity index (χ1) is 9.53. The number of ether oxygens (including phenoxy) is 1. The van der Waals surface area contributed by atoms with Crippen molar-refractivity contribution < 1.29 is 4.74 Å². The van der Waals surface area contributed by atoms with Crippen molar-refractivity contribution in [2.24, 2.45) is 5.41 Å². The maximum atomic E-state index is 5.76. The summed E-state index contributed by atoms with van der Waals surface area (Å²) in [4.78, 5) is 0. The van der Waals surface area contributed by atoms with Crippen molar-refractivity contribution in [3.05, 3.63) is 60.2 Å². The lowest BCUT2D eigenvalue weighted by atomic mass is 9.97. The summed E-state index contributed by atoms with van der Waals surface area (Å²) in [5.74, 6) is 0.898. The van der Waals surface area contributed by atoms with E-state index >= 15 is 0 Å². The number of rotatable bonds is 5. The van der Waals surface area contributed by atoms with Gasteiger partial charge in [-0.15, -0.1) is 0 Å². The Morgan fingerprint density at radius 1 is 0.900 bits per heavy atom. The van der Waals surface area contributed by atoms with Crippen LogP contribution in [0.2, 0.25) is 0 Å². The minimum Gasteiger partial charge on any atom is -0.489 e. The summed E-state index contributed by atoms with van der Waals surface area (Å²) in [7, 11) is 0. The second-order valence-electron chi connectivity index (χ2n) is 6.21. The molecule has 0 fully saturated rings. The average molecular weight is 269 g/mol. The van der Waals surface area contributed by atoms with E-state index in [4.69, 9.17) is 4.74 Å². The molecule has 0 aliphatic heterocycles. The van der Waals surface area contributed by atoms with Crippen LogP contribution in [0.5, 0.6) is 5.75 Å². The van der Waals surface area contributed by atoms with Gasteiger partial charge < -0.3 is 10.1 Å². The zero-order chi connectivity index (χ0) is 14.4. The van der Waals surface area contributed by atoms with Gasteiger partial charge in [-0.1, -0.05) is 51.1 Å². The Labute approximate surface area is 121 Å². The van der Waals surface area contributed by atoms with Crippen LogP contribution in [0, 0.1) is 5.41 Å². The van der Waals surface area contributed by atoms with E-state index in [1.54, 1.807) is 0 Å². The van der Waals surface area contributed by atoms with Gasteiger partial charge in [0, 0.05) is 12.2 Å². The van der Waals surface area contributed by atoms with Gasteiger partial charge in [0.1, 0.15) is 12.4 Å². The van der Waals surface area contributed by atoms with Crippen LogP contribution < -0.4 is 10.1 Å². The minimum atomic E-state index is 0.280.